The number of nitrogens with zero attached hydrogens (tertiary/aromatic N) is 17. The molecule has 21 nitrogen and oxygen atoms in total. The van der Waals surface area contributed by atoms with Gasteiger partial charge in [0.2, 0.25) is 16.9 Å². The van der Waals surface area contributed by atoms with E-state index in [-0.39, 0.29) is 6.04 Å². The predicted octanol–water partition coefficient (Wildman–Crippen LogP) is 13.2. The van der Waals surface area contributed by atoms with Gasteiger partial charge in [0.25, 0.3) is 0 Å². The van der Waals surface area contributed by atoms with E-state index in [9.17, 15) is 0 Å². The number of piperidine rings is 3. The van der Waals surface area contributed by atoms with Crippen molar-refractivity contribution in [3.8, 4) is 34.2 Å². The maximum absolute atomic E-state index is 5.63. The lowest BCUT2D eigenvalue weighted by Gasteiger charge is -2.30. The van der Waals surface area contributed by atoms with Crippen LogP contribution in [0.1, 0.15) is 94.9 Å². The molecule has 9 aromatic heterocycles. The van der Waals surface area contributed by atoms with Crippen LogP contribution in [0.25, 0.3) is 83.8 Å². The van der Waals surface area contributed by atoms with E-state index in [0.29, 0.717) is 50.0 Å². The van der Waals surface area contributed by atoms with Crippen molar-refractivity contribution in [2.75, 3.05) is 76.4 Å². The first-order valence-electron chi connectivity index (χ1n) is 36.5. The lowest BCUT2D eigenvalue weighted by atomic mass is 9.98. The number of aromatic nitrogens is 15. The maximum atomic E-state index is 5.63. The zero-order chi connectivity index (χ0) is 69.2. The van der Waals surface area contributed by atoms with Gasteiger partial charge in [-0.05, 0) is 187 Å². The molecule has 0 spiro atoms. The topological polar surface area (TPSA) is 201 Å². The Hall–Kier alpha value is -11.1. The van der Waals surface area contributed by atoms with Crippen molar-refractivity contribution in [1.82, 2.24) is 88.3 Å². The summed E-state index contributed by atoms with van der Waals surface area (Å²) < 4.78 is 10.6. The van der Waals surface area contributed by atoms with Crippen molar-refractivity contribution in [3.05, 3.63) is 232 Å². The molecule has 6 aromatic carbocycles. The Morgan fingerprint density at radius 1 is 0.408 bits per heavy atom. The van der Waals surface area contributed by atoms with Gasteiger partial charge in [-0.25, -0.2) is 0 Å². The molecule has 103 heavy (non-hydrogen) atoms. The molecular formula is C82H85N21. The van der Waals surface area contributed by atoms with E-state index in [4.69, 9.17) is 35.7 Å². The first kappa shape index (κ1) is 64.0. The minimum Gasteiger partial charge on any atom is -0.379 e. The van der Waals surface area contributed by atoms with Gasteiger partial charge >= 0.3 is 0 Å². The molecule has 518 valence electrons. The molecule has 3 aliphatic rings. The lowest BCUT2D eigenvalue weighted by Crippen LogP contribution is -2.36. The second kappa shape index (κ2) is 27.0. The number of aromatic amines is 1. The molecule has 0 unspecified atom stereocenters. The summed E-state index contributed by atoms with van der Waals surface area (Å²) in [5.41, 5.74) is 22.1. The average Bonchev–Trinajstić information content (AvgIpc) is 1.61. The number of fused-ring (bicyclic) bond motifs is 6. The van der Waals surface area contributed by atoms with Crippen LogP contribution < -0.4 is 16.0 Å². The van der Waals surface area contributed by atoms with E-state index in [2.05, 4.69) is 259 Å². The fourth-order valence-corrected chi connectivity index (χ4v) is 16.3. The minimum atomic E-state index is 0.258. The molecule has 0 amide bonds. The molecule has 3 aliphatic heterocycles. The summed E-state index contributed by atoms with van der Waals surface area (Å²) in [7, 11) is 8.79. The zero-order valence-electron chi connectivity index (χ0n) is 59.1. The summed E-state index contributed by atoms with van der Waals surface area (Å²) in [6.45, 7) is 8.86. The molecule has 0 saturated carbocycles. The summed E-state index contributed by atoms with van der Waals surface area (Å²) in [6, 6.07) is 64.3. The molecule has 12 heterocycles. The van der Waals surface area contributed by atoms with Crippen LogP contribution >= 0.6 is 0 Å². The van der Waals surface area contributed by atoms with Crippen LogP contribution in [0.15, 0.2) is 176 Å². The molecule has 15 aromatic rings. The van der Waals surface area contributed by atoms with E-state index in [0.717, 1.165) is 191 Å². The number of benzene rings is 6. The summed E-state index contributed by atoms with van der Waals surface area (Å²) in [5.74, 6) is 2.27. The SMILES string of the molecule is Cc1nnc2c(NC3CCN(C)CC3)cc(-c3[nH]c4ccccc4c3Cc3cccc(Cc4nnc5c(NC6CCN(C)CC6)cc(-c6c(Cc7cccc(Cc8nnc9c(NC%10CCN(C)CC%10)cc(-c%10cc%11ccccc%11n%10Cc%10ccccc%10)nn89)c7)c7ccccc7n6C)nn45)c3)nn12. The number of H-pyrrole nitrogens is 1. The van der Waals surface area contributed by atoms with E-state index in [1.807, 2.05) is 20.5 Å². The van der Waals surface area contributed by atoms with Gasteiger partial charge in [-0.15, -0.1) is 30.6 Å². The number of hydrogen-bond donors (Lipinski definition) is 4. The van der Waals surface area contributed by atoms with Crippen LogP contribution in [-0.2, 0) is 39.3 Å². The van der Waals surface area contributed by atoms with Gasteiger partial charge in [-0.1, -0.05) is 133 Å². The number of nitrogens with one attached hydrogen (secondary N) is 4. The van der Waals surface area contributed by atoms with E-state index >= 15 is 0 Å². The van der Waals surface area contributed by atoms with Gasteiger partial charge in [-0.3, -0.25) is 0 Å². The Morgan fingerprint density at radius 2 is 0.874 bits per heavy atom. The van der Waals surface area contributed by atoms with Crippen LogP contribution in [0, 0.1) is 6.92 Å². The molecular weight excluding hydrogens is 1280 g/mol. The van der Waals surface area contributed by atoms with E-state index in [1.165, 1.54) is 38.6 Å². The normalized spacial score (nSPS) is 15.7. The van der Waals surface area contributed by atoms with Crippen LogP contribution in [0.2, 0.25) is 0 Å². The van der Waals surface area contributed by atoms with Gasteiger partial charge < -0.3 is 44.8 Å². The fraction of sp³-hybridized carbons (Fsp3) is 0.305. The molecule has 0 radical (unpaired) electrons. The van der Waals surface area contributed by atoms with Crippen molar-refractivity contribution in [3.63, 3.8) is 0 Å². The predicted molar refractivity (Wildman–Crippen MR) is 409 cm³/mol. The molecule has 0 aliphatic carbocycles. The van der Waals surface area contributed by atoms with Crippen LogP contribution in [0.4, 0.5) is 17.1 Å². The third-order valence-electron chi connectivity index (χ3n) is 21.9. The fourth-order valence-electron chi connectivity index (χ4n) is 16.3. The number of hydrogen-bond acceptors (Lipinski definition) is 15. The Labute approximate surface area is 597 Å². The first-order valence-corrected chi connectivity index (χ1v) is 36.5. The standard InChI is InChI=1S/C82H85N21/c1-52-87-90-80-71(84-60-31-37-97(3)38-32-60)49-68(94-101(52)80)78-64(62-24-10-12-26-66(62)86-78)43-54-19-15-21-56(41-54)46-77-89-92-82-72(85-61-33-39-98(4)40-34-61)50-69(95-103(77)82)79-65(63-25-11-14-28-74(63)99(79)5)44-55-20-16-22-57(42-55)45-76-88-91-81-70(83-59-29-35-96(2)36-30-59)48-67(93-102(76)81)75-47-58-23-9-13-27-73(58)100(75)51-53-17-7-6-8-18-53/h6-28,41-42,47-50,59-61,83-86H,29-40,43-46,51H2,1-5H3. The Bertz CT molecular complexity index is 5630. The van der Waals surface area contributed by atoms with E-state index < -0.39 is 0 Å². The lowest BCUT2D eigenvalue weighted by molar-refractivity contribution is 0.264. The average molecular weight is 1360 g/mol. The molecule has 0 atom stereocenters. The van der Waals surface area contributed by atoms with Crippen molar-refractivity contribution in [2.24, 2.45) is 7.05 Å². The van der Waals surface area contributed by atoms with Crippen molar-refractivity contribution in [1.29, 1.82) is 0 Å². The monoisotopic (exact) mass is 1360 g/mol. The van der Waals surface area contributed by atoms with Gasteiger partial charge in [0, 0.05) is 90.1 Å². The largest absolute Gasteiger partial charge is 0.379 e. The smallest absolute Gasteiger partial charge is 0.200 e. The summed E-state index contributed by atoms with van der Waals surface area (Å²) in [5, 5.41) is 60.6. The Balaban J connectivity index is 0.680. The van der Waals surface area contributed by atoms with E-state index in [1.54, 1.807) is 0 Å². The third-order valence-corrected chi connectivity index (χ3v) is 21.9. The summed E-state index contributed by atoms with van der Waals surface area (Å²) in [6.07, 6.45) is 8.58. The number of para-hydroxylation sites is 3. The van der Waals surface area contributed by atoms with Gasteiger partial charge in [0.1, 0.15) is 17.1 Å². The first-order chi connectivity index (χ1) is 50.5. The number of likely N-dealkylation sites (tertiary alicyclic amines) is 3. The van der Waals surface area contributed by atoms with Gasteiger partial charge in [0.15, 0.2) is 17.5 Å². The number of aryl methyl sites for hydroxylation is 2. The van der Waals surface area contributed by atoms with Crippen LogP contribution in [0.3, 0.4) is 0 Å². The summed E-state index contributed by atoms with van der Waals surface area (Å²) in [4.78, 5) is 11.0. The molecule has 3 saturated heterocycles. The highest BCUT2D eigenvalue weighted by Gasteiger charge is 2.28. The van der Waals surface area contributed by atoms with Crippen LogP contribution in [0.5, 0.6) is 0 Å². The van der Waals surface area contributed by atoms with Crippen molar-refractivity contribution >= 4 is 66.7 Å². The molecule has 21 heteroatoms. The highest BCUT2D eigenvalue weighted by Crippen LogP contribution is 2.39. The number of anilines is 3. The van der Waals surface area contributed by atoms with Crippen molar-refractivity contribution < 1.29 is 0 Å². The second-order valence-electron chi connectivity index (χ2n) is 29.1. The highest BCUT2D eigenvalue weighted by atomic mass is 15.4. The highest BCUT2D eigenvalue weighted by molar-refractivity contribution is 5.94. The molecule has 18 rings (SSSR count). The third kappa shape index (κ3) is 12.6. The quantitative estimate of drug-likeness (QED) is 0.0595. The molecule has 4 N–H and O–H groups in total. The summed E-state index contributed by atoms with van der Waals surface area (Å²) >= 11 is 0. The Kier molecular flexibility index (Phi) is 16.8. The Morgan fingerprint density at radius 3 is 1.49 bits per heavy atom. The maximum Gasteiger partial charge on any atom is 0.200 e. The molecule has 3 fully saturated rings. The zero-order valence-corrected chi connectivity index (χ0v) is 59.1. The number of rotatable bonds is 19. The van der Waals surface area contributed by atoms with Crippen LogP contribution in [-0.4, -0.2) is 167 Å². The molecule has 0 bridgehead atoms. The second-order valence-corrected chi connectivity index (χ2v) is 29.1. The van der Waals surface area contributed by atoms with Crippen molar-refractivity contribution in [2.45, 2.75) is 95.8 Å². The van der Waals surface area contributed by atoms with Gasteiger partial charge in [0.05, 0.1) is 34.1 Å². The van der Waals surface area contributed by atoms with Gasteiger partial charge in [-0.2, -0.15) is 28.8 Å². The minimum absolute atomic E-state index is 0.258.